The number of esters is 1. The molecule has 0 bridgehead atoms. The lowest BCUT2D eigenvalue weighted by Gasteiger charge is -2.38. The number of alkyl halides is 6. The summed E-state index contributed by atoms with van der Waals surface area (Å²) in [6.07, 6.45) is 5.84. The lowest BCUT2D eigenvalue weighted by Crippen LogP contribution is -2.35. The van der Waals surface area contributed by atoms with E-state index in [2.05, 4.69) is 36.5 Å². The Hall–Kier alpha value is -8.32. The van der Waals surface area contributed by atoms with Crippen molar-refractivity contribution in [3.63, 3.8) is 0 Å². The second-order valence-electron chi connectivity index (χ2n) is 25.3. The molecular formula is C76H73F6NO6. The molecule has 13 heteroatoms. The first-order valence-corrected chi connectivity index (χ1v) is 31.2. The predicted octanol–water partition coefficient (Wildman–Crippen LogP) is 20.4. The van der Waals surface area contributed by atoms with Crippen LogP contribution in [-0.4, -0.2) is 26.1 Å². The Labute approximate surface area is 516 Å². The highest BCUT2D eigenvalue weighted by molar-refractivity contribution is 6.11. The highest BCUT2D eigenvalue weighted by Crippen LogP contribution is 2.62. The number of methoxy groups -OCH3 is 2. The van der Waals surface area contributed by atoms with Crippen LogP contribution in [0.2, 0.25) is 0 Å². The molecule has 2 fully saturated rings. The van der Waals surface area contributed by atoms with E-state index < -0.39 is 34.5 Å². The molecule has 8 aromatic carbocycles. The average Bonchev–Trinajstić information content (AvgIpc) is 1.56. The van der Waals surface area contributed by atoms with Crippen LogP contribution in [-0.2, 0) is 33.0 Å². The van der Waals surface area contributed by atoms with Crippen LogP contribution in [0, 0.1) is 24.7 Å². The van der Waals surface area contributed by atoms with E-state index in [0.717, 1.165) is 28.7 Å². The molecule has 0 saturated heterocycles. The zero-order valence-electron chi connectivity index (χ0n) is 51.0. The van der Waals surface area contributed by atoms with Crippen molar-refractivity contribution in [1.82, 2.24) is 0 Å². The van der Waals surface area contributed by atoms with Gasteiger partial charge in [-0.05, 0) is 192 Å². The minimum absolute atomic E-state index is 0.179. The van der Waals surface area contributed by atoms with E-state index in [0.29, 0.717) is 104 Å². The number of hydrogen-bond donors (Lipinski definition) is 1. The number of amides is 1. The van der Waals surface area contributed by atoms with Gasteiger partial charge >= 0.3 is 18.3 Å². The van der Waals surface area contributed by atoms with Crippen molar-refractivity contribution in [2.24, 2.45) is 17.8 Å². The van der Waals surface area contributed by atoms with E-state index in [-0.39, 0.29) is 46.5 Å². The highest BCUT2D eigenvalue weighted by atomic mass is 19.4. The molecule has 12 rings (SSSR count). The maximum absolute atomic E-state index is 15.4. The molecule has 1 unspecified atom stereocenters. The van der Waals surface area contributed by atoms with Gasteiger partial charge in [0, 0.05) is 44.7 Å². The Kier molecular flexibility index (Phi) is 16.6. The molecule has 0 spiro atoms. The molecule has 1 atom stereocenters. The van der Waals surface area contributed by atoms with Crippen LogP contribution in [0.1, 0.15) is 154 Å². The van der Waals surface area contributed by atoms with E-state index in [1.54, 1.807) is 39.2 Å². The molecule has 8 aromatic rings. The van der Waals surface area contributed by atoms with Gasteiger partial charge in [0.15, 0.2) is 5.60 Å². The molecule has 7 nitrogen and oxygen atoms in total. The average molecular weight is 1210 g/mol. The largest absolute Gasteiger partial charge is 0.497 e. The number of aryl methyl sites for hydroxylation is 1. The number of carbonyl (C=O) groups excluding carboxylic acids is 2. The van der Waals surface area contributed by atoms with E-state index in [9.17, 15) is 22.8 Å². The summed E-state index contributed by atoms with van der Waals surface area (Å²) >= 11 is 0. The minimum atomic E-state index is -5.14. The number of fused-ring (bicyclic) bond motifs is 8. The lowest BCUT2D eigenvalue weighted by atomic mass is 9.75. The first-order valence-electron chi connectivity index (χ1n) is 31.2. The summed E-state index contributed by atoms with van der Waals surface area (Å²) in [5.74, 6) is 2.03. The molecule has 1 amide bonds. The van der Waals surface area contributed by atoms with Gasteiger partial charge in [-0.1, -0.05) is 137 Å². The Morgan fingerprint density at radius 3 is 1.91 bits per heavy atom. The summed E-state index contributed by atoms with van der Waals surface area (Å²) in [5.41, 5.74) is 2.41. The summed E-state index contributed by atoms with van der Waals surface area (Å²) in [6, 6.07) is 43.3. The lowest BCUT2D eigenvalue weighted by molar-refractivity contribution is -0.144. The van der Waals surface area contributed by atoms with Crippen LogP contribution >= 0.6 is 0 Å². The van der Waals surface area contributed by atoms with Crippen molar-refractivity contribution >= 4 is 34.4 Å². The monoisotopic (exact) mass is 1210 g/mol. The van der Waals surface area contributed by atoms with E-state index >= 15 is 13.2 Å². The maximum atomic E-state index is 15.4. The van der Waals surface area contributed by atoms with E-state index in [1.165, 1.54) is 64.0 Å². The number of ether oxygens (including phenoxy) is 4. The zero-order valence-corrected chi connectivity index (χ0v) is 51.0. The van der Waals surface area contributed by atoms with Crippen molar-refractivity contribution in [2.45, 2.75) is 134 Å². The molecule has 1 heterocycles. The Morgan fingerprint density at radius 2 is 1.28 bits per heavy atom. The van der Waals surface area contributed by atoms with Gasteiger partial charge in [0.2, 0.25) is 5.91 Å². The third-order valence-electron chi connectivity index (χ3n) is 19.4. The molecular weight excluding hydrogens is 1140 g/mol. The molecule has 1 aliphatic heterocycles. The molecule has 2 saturated carbocycles. The van der Waals surface area contributed by atoms with Gasteiger partial charge in [-0.2, -0.15) is 26.3 Å². The number of nitrogens with one attached hydrogen (secondary N) is 1. The molecule has 3 aliphatic carbocycles. The van der Waals surface area contributed by atoms with Gasteiger partial charge in [0.05, 0.1) is 31.3 Å². The van der Waals surface area contributed by atoms with Gasteiger partial charge in [-0.15, -0.1) is 0 Å². The standard InChI is InChI=1S/C76H73F6NO6/c1-7-8-10-13-46-16-18-47(19-17-46)48-20-22-49(23-21-48)50-28-33-58(34-29-50)88-72(85)52-26-24-51(25-27-52)71(84)83-56-32-37-59(45(2)40-56)61-43-62-63(44-66(61)87-6)70-60(38-39-74(89-70,53-14-11-9-12-15-53)54-30-35-57(86-5)36-31-54)69-67(62)64-41-55(75(77,78)79)42-65(76(80,81)82)68(64)73(69,3)4/h9,11-12,14-15,20-23,28-44,46-47,51-52H,7-8,10,13,16-19,24-27H2,1-6H3,(H,83,84). The highest BCUT2D eigenvalue weighted by Gasteiger charge is 2.50. The fourth-order valence-corrected chi connectivity index (χ4v) is 14.7. The summed E-state index contributed by atoms with van der Waals surface area (Å²) < 4.78 is 116. The second-order valence-corrected chi connectivity index (χ2v) is 25.3. The van der Waals surface area contributed by atoms with Crippen molar-refractivity contribution in [3.8, 4) is 56.4 Å². The van der Waals surface area contributed by atoms with Gasteiger partial charge in [0.1, 0.15) is 23.0 Å². The quantitative estimate of drug-likeness (QED) is 0.0477. The summed E-state index contributed by atoms with van der Waals surface area (Å²) in [5, 5.41) is 3.84. The van der Waals surface area contributed by atoms with Gasteiger partial charge in [-0.25, -0.2) is 0 Å². The molecule has 1 N–H and O–H groups in total. The third kappa shape index (κ3) is 11.7. The smallest absolute Gasteiger partial charge is 0.416 e. The first-order chi connectivity index (χ1) is 42.7. The normalized spacial score (nSPS) is 20.2. The number of anilines is 1. The minimum Gasteiger partial charge on any atom is -0.497 e. The number of hydrogen-bond acceptors (Lipinski definition) is 6. The van der Waals surface area contributed by atoms with Crippen molar-refractivity contribution in [2.75, 3.05) is 19.5 Å². The zero-order chi connectivity index (χ0) is 62.6. The summed E-state index contributed by atoms with van der Waals surface area (Å²) in [6.45, 7) is 7.35. The first kappa shape index (κ1) is 60.9. The van der Waals surface area contributed by atoms with Crippen LogP contribution < -0.4 is 24.3 Å². The molecule has 4 aliphatic rings. The van der Waals surface area contributed by atoms with Crippen molar-refractivity contribution < 1.29 is 54.9 Å². The fourth-order valence-electron chi connectivity index (χ4n) is 14.7. The topological polar surface area (TPSA) is 83.1 Å². The third-order valence-corrected chi connectivity index (χ3v) is 19.4. The number of carbonyl (C=O) groups is 2. The van der Waals surface area contributed by atoms with E-state index in [1.807, 2.05) is 110 Å². The summed E-state index contributed by atoms with van der Waals surface area (Å²) in [4.78, 5) is 27.4. The van der Waals surface area contributed by atoms with Crippen LogP contribution in [0.25, 0.3) is 50.2 Å². The van der Waals surface area contributed by atoms with Crippen molar-refractivity contribution in [1.29, 1.82) is 0 Å². The molecule has 0 aromatic heterocycles. The van der Waals surface area contributed by atoms with Crippen LogP contribution in [0.3, 0.4) is 0 Å². The maximum Gasteiger partial charge on any atom is 0.416 e. The Bertz CT molecular complexity index is 3990. The van der Waals surface area contributed by atoms with Gasteiger partial charge in [-0.3, -0.25) is 9.59 Å². The number of rotatable bonds is 15. The van der Waals surface area contributed by atoms with Crippen LogP contribution in [0.5, 0.6) is 23.0 Å². The Balaban J connectivity index is 0.791. The van der Waals surface area contributed by atoms with Gasteiger partial charge < -0.3 is 24.3 Å². The predicted molar refractivity (Wildman–Crippen MR) is 339 cm³/mol. The van der Waals surface area contributed by atoms with Gasteiger partial charge in [0.25, 0.3) is 0 Å². The number of benzene rings is 8. The number of halogens is 6. The molecule has 460 valence electrons. The molecule has 0 radical (unpaired) electrons. The number of unbranched alkanes of at least 4 members (excludes halogenated alkanes) is 2. The fraction of sp³-hybridized carbons (Fsp3) is 0.342. The Morgan fingerprint density at radius 1 is 0.629 bits per heavy atom. The second kappa shape index (κ2) is 24.2. The molecule has 89 heavy (non-hydrogen) atoms. The van der Waals surface area contributed by atoms with Crippen molar-refractivity contribution in [3.05, 3.63) is 202 Å². The summed E-state index contributed by atoms with van der Waals surface area (Å²) in [7, 11) is 3.06. The van der Waals surface area contributed by atoms with Crippen LogP contribution in [0.15, 0.2) is 152 Å². The SMILES string of the molecule is CCCCCC1CCC(c2ccc(-c3ccc(OC(=O)C4CCC(C(=O)Nc5ccc(-c6cc7c8c(c9c(c7cc6OC)OC(c6ccccc6)(c6ccc(OC)cc6)C=C9)C(C)(C)c6c-8cc(C(F)(F)F)cc6C(F)(F)F)c(C)c5)CC4)cc3)cc2)CC1. The van der Waals surface area contributed by atoms with E-state index in [4.69, 9.17) is 18.9 Å². The van der Waals surface area contributed by atoms with Crippen LogP contribution in [0.4, 0.5) is 32.0 Å².